The zero-order valence-corrected chi connectivity index (χ0v) is 29.0. The Kier molecular flexibility index (Phi) is 20.6. The summed E-state index contributed by atoms with van der Waals surface area (Å²) in [7, 11) is 0. The van der Waals surface area contributed by atoms with E-state index in [-0.39, 0.29) is 64.3 Å². The first-order valence-corrected chi connectivity index (χ1v) is 16.9. The molecule has 2 heterocycles. The molecule has 0 spiro atoms. The minimum atomic E-state index is -2.09. The van der Waals surface area contributed by atoms with Gasteiger partial charge in [-0.1, -0.05) is 5.21 Å². The Morgan fingerprint density at radius 3 is 2.17 bits per heavy atom. The van der Waals surface area contributed by atoms with Gasteiger partial charge in [0.05, 0.1) is 104 Å². The smallest absolute Gasteiger partial charge is 0.313 e. The third kappa shape index (κ3) is 17.1. The highest BCUT2D eigenvalue weighted by Gasteiger charge is 2.36. The van der Waals surface area contributed by atoms with Crippen molar-refractivity contribution < 1.29 is 80.4 Å². The summed E-state index contributed by atoms with van der Waals surface area (Å²) in [6, 6.07) is 0.232. The fraction of sp³-hybridized carbons (Fsp3) is 0.688. The second kappa shape index (κ2) is 24.8. The summed E-state index contributed by atoms with van der Waals surface area (Å²) >= 11 is 0. The first kappa shape index (κ1) is 44.0. The SMILES string of the molecule is O=C(CCOCCOCCC(=O)Oc1cc(F)c(F)c(F)c1F)NCCOCCOCCOCCn1cc(CCOC[C@H]2O[C@@H](O)C[C@@H](O)[C@H]2O)nn1. The van der Waals surface area contributed by atoms with Gasteiger partial charge in [0.2, 0.25) is 17.5 Å². The van der Waals surface area contributed by atoms with Crippen LogP contribution in [0.25, 0.3) is 0 Å². The Bertz CT molecular complexity index is 1380. The molecule has 3 rings (SSSR count). The summed E-state index contributed by atoms with van der Waals surface area (Å²) in [6.45, 7) is 3.37. The zero-order valence-electron chi connectivity index (χ0n) is 29.0. The van der Waals surface area contributed by atoms with E-state index in [4.69, 9.17) is 33.2 Å². The molecule has 0 radical (unpaired) electrons. The van der Waals surface area contributed by atoms with Gasteiger partial charge in [0.1, 0.15) is 12.2 Å². The Morgan fingerprint density at radius 2 is 1.45 bits per heavy atom. The van der Waals surface area contributed by atoms with Gasteiger partial charge < -0.3 is 58.5 Å². The van der Waals surface area contributed by atoms with Crippen LogP contribution in [-0.4, -0.2) is 153 Å². The zero-order chi connectivity index (χ0) is 38.4. The number of carbonyl (C=O) groups is 2. The maximum atomic E-state index is 13.5. The molecule has 1 aliphatic heterocycles. The van der Waals surface area contributed by atoms with Crippen LogP contribution in [0.4, 0.5) is 17.6 Å². The monoisotopic (exact) mass is 770 g/mol. The molecule has 1 aromatic heterocycles. The number of carbonyl (C=O) groups excluding carboxylic acids is 2. The standard InChI is InChI=1S/C32H46F4N4O13/c33-22-17-24(30(35)31(36)29(22)34)52-27(43)3-8-47-12-11-46-7-2-26(42)37-4-9-48-13-15-50-16-14-49-10-5-40-19-21(38-39-40)1-6-51-20-25-32(45)23(41)18-28(44)53-25/h17,19,23,25,28,32,41,44-45H,1-16,18,20H2,(H,37,42)/t23-,25-,28-,32-/m1/s1. The van der Waals surface area contributed by atoms with Crippen LogP contribution in [0.1, 0.15) is 25.0 Å². The van der Waals surface area contributed by atoms with Crippen LogP contribution in [0.15, 0.2) is 12.3 Å². The van der Waals surface area contributed by atoms with E-state index in [1.54, 1.807) is 10.9 Å². The maximum absolute atomic E-state index is 13.5. The predicted octanol–water partition coefficient (Wildman–Crippen LogP) is -0.192. The Hall–Kier alpha value is -3.38. The number of amides is 1. The molecule has 53 heavy (non-hydrogen) atoms. The van der Waals surface area contributed by atoms with Crippen molar-refractivity contribution >= 4 is 11.9 Å². The molecular formula is C32H46F4N4O13. The highest BCUT2D eigenvalue weighted by molar-refractivity contribution is 5.75. The largest absolute Gasteiger partial charge is 0.423 e. The quantitative estimate of drug-likeness (QED) is 0.0232. The lowest BCUT2D eigenvalue weighted by Gasteiger charge is -2.34. The molecule has 0 bridgehead atoms. The topological polar surface area (TPSA) is 211 Å². The Morgan fingerprint density at radius 1 is 0.811 bits per heavy atom. The molecule has 0 saturated carbocycles. The van der Waals surface area contributed by atoms with Gasteiger partial charge in [-0.05, 0) is 0 Å². The molecule has 21 heteroatoms. The van der Waals surface area contributed by atoms with Gasteiger partial charge >= 0.3 is 5.97 Å². The van der Waals surface area contributed by atoms with Gasteiger partial charge in [-0.2, -0.15) is 4.39 Å². The van der Waals surface area contributed by atoms with E-state index in [0.717, 1.165) is 0 Å². The van der Waals surface area contributed by atoms with Crippen LogP contribution < -0.4 is 10.1 Å². The Balaban J connectivity index is 1.04. The lowest BCUT2D eigenvalue weighted by Crippen LogP contribution is -2.50. The van der Waals surface area contributed by atoms with Gasteiger partial charge in [0, 0.05) is 38.1 Å². The first-order chi connectivity index (χ1) is 25.5. The number of esters is 1. The van der Waals surface area contributed by atoms with E-state index in [1.165, 1.54) is 0 Å². The minimum absolute atomic E-state index is 0.0201. The fourth-order valence-electron chi connectivity index (χ4n) is 4.50. The Labute approximate surface area is 302 Å². The van der Waals surface area contributed by atoms with Crippen molar-refractivity contribution in [2.75, 3.05) is 85.8 Å². The highest BCUT2D eigenvalue weighted by atomic mass is 19.2. The van der Waals surface area contributed by atoms with Crippen molar-refractivity contribution in [3.63, 3.8) is 0 Å². The van der Waals surface area contributed by atoms with Gasteiger partial charge in [0.25, 0.3) is 0 Å². The number of aliphatic hydroxyl groups is 3. The average Bonchev–Trinajstić information content (AvgIpc) is 3.59. The number of ether oxygens (including phenoxy) is 8. The summed E-state index contributed by atoms with van der Waals surface area (Å²) in [5.74, 6) is -9.97. The molecule has 0 aliphatic carbocycles. The fourth-order valence-corrected chi connectivity index (χ4v) is 4.50. The lowest BCUT2D eigenvalue weighted by atomic mass is 10.0. The molecule has 17 nitrogen and oxygen atoms in total. The second-order valence-electron chi connectivity index (χ2n) is 11.4. The van der Waals surface area contributed by atoms with Gasteiger partial charge in [-0.15, -0.1) is 5.10 Å². The first-order valence-electron chi connectivity index (χ1n) is 16.9. The van der Waals surface area contributed by atoms with E-state index < -0.39 is 59.6 Å². The third-order valence-corrected chi connectivity index (χ3v) is 7.29. The van der Waals surface area contributed by atoms with Gasteiger partial charge in [-0.25, -0.2) is 17.9 Å². The van der Waals surface area contributed by atoms with E-state index in [0.29, 0.717) is 71.5 Å². The number of halogens is 4. The number of nitrogens with one attached hydrogen (secondary N) is 1. The molecule has 300 valence electrons. The van der Waals surface area contributed by atoms with Crippen molar-refractivity contribution in [1.29, 1.82) is 0 Å². The molecule has 1 saturated heterocycles. The number of hydrogen-bond donors (Lipinski definition) is 4. The van der Waals surface area contributed by atoms with Gasteiger partial charge in [-0.3, -0.25) is 9.59 Å². The summed E-state index contributed by atoms with van der Waals surface area (Å²) in [5, 5.41) is 40.0. The molecule has 1 amide bonds. The molecule has 1 fully saturated rings. The summed E-state index contributed by atoms with van der Waals surface area (Å²) < 4.78 is 96.5. The molecule has 0 unspecified atom stereocenters. The van der Waals surface area contributed by atoms with Crippen LogP contribution in [-0.2, 0) is 55.7 Å². The normalized spacial score (nSPS) is 18.7. The van der Waals surface area contributed by atoms with Crippen LogP contribution in [0.3, 0.4) is 0 Å². The molecule has 1 aliphatic rings. The van der Waals surface area contributed by atoms with E-state index >= 15 is 0 Å². The molecule has 2 aromatic rings. The number of nitrogens with zero attached hydrogens (tertiary/aromatic N) is 3. The minimum Gasteiger partial charge on any atom is -0.423 e. The molecule has 4 N–H and O–H groups in total. The summed E-state index contributed by atoms with van der Waals surface area (Å²) in [5.41, 5.74) is 0.707. The number of rotatable bonds is 27. The van der Waals surface area contributed by atoms with E-state index in [2.05, 4.69) is 20.4 Å². The number of hydrogen-bond acceptors (Lipinski definition) is 15. The highest BCUT2D eigenvalue weighted by Crippen LogP contribution is 2.25. The van der Waals surface area contributed by atoms with Gasteiger partial charge in [0.15, 0.2) is 23.7 Å². The van der Waals surface area contributed by atoms with E-state index in [9.17, 15) is 42.5 Å². The van der Waals surface area contributed by atoms with Crippen LogP contribution in [0.2, 0.25) is 0 Å². The number of aliphatic hydroxyl groups excluding tert-OH is 3. The summed E-state index contributed by atoms with van der Waals surface area (Å²) in [4.78, 5) is 23.6. The maximum Gasteiger partial charge on any atom is 0.313 e. The van der Waals surface area contributed by atoms with Crippen molar-refractivity contribution in [3.8, 4) is 5.75 Å². The predicted molar refractivity (Wildman–Crippen MR) is 170 cm³/mol. The number of benzene rings is 1. The molecule has 4 atom stereocenters. The van der Waals surface area contributed by atoms with Crippen molar-refractivity contribution in [2.24, 2.45) is 0 Å². The van der Waals surface area contributed by atoms with Crippen molar-refractivity contribution in [2.45, 2.75) is 56.8 Å². The molecule has 1 aromatic carbocycles. The average molecular weight is 771 g/mol. The van der Waals surface area contributed by atoms with Crippen LogP contribution >= 0.6 is 0 Å². The van der Waals surface area contributed by atoms with Crippen molar-refractivity contribution in [1.82, 2.24) is 20.3 Å². The van der Waals surface area contributed by atoms with Crippen molar-refractivity contribution in [3.05, 3.63) is 41.2 Å². The molecular weight excluding hydrogens is 724 g/mol. The number of aromatic nitrogens is 3. The van der Waals surface area contributed by atoms with E-state index in [1.807, 2.05) is 0 Å². The third-order valence-electron chi connectivity index (χ3n) is 7.29. The lowest BCUT2D eigenvalue weighted by molar-refractivity contribution is -0.242. The van der Waals surface area contributed by atoms with Crippen LogP contribution in [0.5, 0.6) is 5.75 Å². The van der Waals surface area contributed by atoms with Crippen LogP contribution in [0, 0.1) is 23.3 Å². The summed E-state index contributed by atoms with van der Waals surface area (Å²) in [6.07, 6.45) is -2.22. The second-order valence-corrected chi connectivity index (χ2v) is 11.4.